The van der Waals surface area contributed by atoms with Gasteiger partial charge in [-0.15, -0.1) is 12.4 Å². The van der Waals surface area contributed by atoms with Crippen molar-refractivity contribution in [3.05, 3.63) is 0 Å². The number of urea groups is 1. The zero-order chi connectivity index (χ0) is 19.7. The molecule has 2 aliphatic heterocycles. The molecule has 0 bridgehead atoms. The number of halogens is 1. The molecule has 1 aliphatic carbocycles. The molecule has 0 aromatic heterocycles. The summed E-state index contributed by atoms with van der Waals surface area (Å²) in [5, 5.41) is 9.16. The van der Waals surface area contributed by atoms with Crippen LogP contribution in [-0.4, -0.2) is 54.5 Å². The minimum Gasteiger partial charge on any atom is -0.355 e. The Kier molecular flexibility index (Phi) is 7.37. The second-order valence-corrected chi connectivity index (χ2v) is 9.61. The van der Waals surface area contributed by atoms with Crippen LogP contribution in [0.5, 0.6) is 0 Å². The number of nitrogens with zero attached hydrogens (tertiary/aromatic N) is 1. The molecule has 3 N–H and O–H groups in total. The predicted octanol–water partition coefficient (Wildman–Crippen LogP) is 2.05. The number of amides is 4. The Bertz CT molecular complexity index is 606. The van der Waals surface area contributed by atoms with Gasteiger partial charge in [0, 0.05) is 6.54 Å². The molecule has 3 aliphatic rings. The van der Waals surface area contributed by atoms with E-state index >= 15 is 0 Å². The van der Waals surface area contributed by atoms with E-state index in [-0.39, 0.29) is 36.2 Å². The maximum atomic E-state index is 13.0. The molecule has 3 fully saturated rings. The summed E-state index contributed by atoms with van der Waals surface area (Å²) in [4.78, 5) is 38.9. The third kappa shape index (κ3) is 5.17. The predicted molar refractivity (Wildman–Crippen MR) is 110 cm³/mol. The summed E-state index contributed by atoms with van der Waals surface area (Å²) < 4.78 is 0. The lowest BCUT2D eigenvalue weighted by molar-refractivity contribution is -0.137. The third-order valence-electron chi connectivity index (χ3n) is 6.20. The summed E-state index contributed by atoms with van der Waals surface area (Å²) >= 11 is 0. The van der Waals surface area contributed by atoms with Crippen LogP contribution in [0.2, 0.25) is 0 Å². The first-order valence-electron chi connectivity index (χ1n) is 10.3. The number of carbonyl (C=O) groups excluding carboxylic acids is 3. The smallest absolute Gasteiger partial charge is 0.325 e. The SMILES string of the molecule is CC1CC(C)(C)CC2(C1)NC(=O)N(CC(=O)NCCC1CCCNC1)C2=O.Cl. The molecule has 3 unspecified atom stereocenters. The highest BCUT2D eigenvalue weighted by Crippen LogP contribution is 2.46. The lowest BCUT2D eigenvalue weighted by Gasteiger charge is -2.43. The molecule has 4 amide bonds. The van der Waals surface area contributed by atoms with Gasteiger partial charge >= 0.3 is 6.03 Å². The van der Waals surface area contributed by atoms with Crippen molar-refractivity contribution in [3.63, 3.8) is 0 Å². The molecule has 0 radical (unpaired) electrons. The summed E-state index contributed by atoms with van der Waals surface area (Å²) in [6, 6.07) is -0.434. The minimum absolute atomic E-state index is 0. The molecule has 1 saturated carbocycles. The lowest BCUT2D eigenvalue weighted by Crippen LogP contribution is -2.54. The number of imide groups is 1. The highest BCUT2D eigenvalue weighted by Gasteiger charge is 2.56. The highest BCUT2D eigenvalue weighted by molar-refractivity contribution is 6.09. The number of hydrogen-bond acceptors (Lipinski definition) is 4. The van der Waals surface area contributed by atoms with Crippen LogP contribution in [0.4, 0.5) is 4.79 Å². The van der Waals surface area contributed by atoms with E-state index in [4.69, 9.17) is 0 Å². The summed E-state index contributed by atoms with van der Waals surface area (Å²) in [6.45, 7) is 8.87. The summed E-state index contributed by atoms with van der Waals surface area (Å²) in [5.41, 5.74) is -0.848. The first kappa shape index (κ1) is 22.9. The Morgan fingerprint density at radius 3 is 2.68 bits per heavy atom. The number of hydrogen-bond donors (Lipinski definition) is 3. The van der Waals surface area contributed by atoms with Crippen molar-refractivity contribution in [2.45, 2.75) is 64.8 Å². The fraction of sp³-hybridized carbons (Fsp3) is 0.850. The average molecular weight is 415 g/mol. The maximum Gasteiger partial charge on any atom is 0.325 e. The maximum absolute atomic E-state index is 13.0. The van der Waals surface area contributed by atoms with Crippen molar-refractivity contribution in [3.8, 4) is 0 Å². The highest BCUT2D eigenvalue weighted by atomic mass is 35.5. The van der Waals surface area contributed by atoms with Crippen LogP contribution in [0.25, 0.3) is 0 Å². The molecule has 1 spiro atoms. The Labute approximate surface area is 174 Å². The van der Waals surface area contributed by atoms with Crippen LogP contribution in [-0.2, 0) is 9.59 Å². The summed E-state index contributed by atoms with van der Waals surface area (Å²) in [5.74, 6) is 0.446. The zero-order valence-corrected chi connectivity index (χ0v) is 18.1. The van der Waals surface area contributed by atoms with E-state index in [0.29, 0.717) is 31.2 Å². The molecule has 3 rings (SSSR count). The Hall–Kier alpha value is -1.34. The summed E-state index contributed by atoms with van der Waals surface area (Å²) in [6.07, 6.45) is 5.60. The molecule has 28 heavy (non-hydrogen) atoms. The van der Waals surface area contributed by atoms with Crippen molar-refractivity contribution in [1.82, 2.24) is 20.9 Å². The lowest BCUT2D eigenvalue weighted by atomic mass is 9.64. The molecule has 2 saturated heterocycles. The van der Waals surface area contributed by atoms with Crippen molar-refractivity contribution < 1.29 is 14.4 Å². The van der Waals surface area contributed by atoms with E-state index < -0.39 is 11.6 Å². The van der Waals surface area contributed by atoms with Gasteiger partial charge in [0.2, 0.25) is 5.91 Å². The molecule has 0 aromatic rings. The van der Waals surface area contributed by atoms with Crippen molar-refractivity contribution in [2.75, 3.05) is 26.2 Å². The number of nitrogens with one attached hydrogen (secondary N) is 3. The van der Waals surface area contributed by atoms with Gasteiger partial charge in [0.25, 0.3) is 5.91 Å². The second-order valence-electron chi connectivity index (χ2n) is 9.61. The largest absolute Gasteiger partial charge is 0.355 e. The second kappa shape index (κ2) is 8.99. The molecular weight excluding hydrogens is 380 g/mol. The molecule has 3 atom stereocenters. The van der Waals surface area contributed by atoms with E-state index in [1.54, 1.807) is 0 Å². The Morgan fingerprint density at radius 1 is 1.29 bits per heavy atom. The Morgan fingerprint density at radius 2 is 2.04 bits per heavy atom. The monoisotopic (exact) mass is 414 g/mol. The van der Waals surface area contributed by atoms with Crippen LogP contribution >= 0.6 is 12.4 Å². The average Bonchev–Trinajstić information content (AvgIpc) is 2.77. The van der Waals surface area contributed by atoms with Gasteiger partial charge in [-0.05, 0) is 68.9 Å². The minimum atomic E-state index is -0.841. The van der Waals surface area contributed by atoms with Crippen molar-refractivity contribution in [1.29, 1.82) is 0 Å². The third-order valence-corrected chi connectivity index (χ3v) is 6.20. The fourth-order valence-corrected chi connectivity index (χ4v) is 5.44. The van der Waals surface area contributed by atoms with E-state index in [0.717, 1.165) is 30.8 Å². The first-order chi connectivity index (χ1) is 12.7. The number of carbonyl (C=O) groups is 3. The zero-order valence-electron chi connectivity index (χ0n) is 17.3. The van der Waals surface area contributed by atoms with Gasteiger partial charge in [0.1, 0.15) is 12.1 Å². The van der Waals surface area contributed by atoms with Crippen LogP contribution < -0.4 is 16.0 Å². The normalized spacial score (nSPS) is 32.0. The first-order valence-corrected chi connectivity index (χ1v) is 10.3. The van der Waals surface area contributed by atoms with Crippen LogP contribution in [0.15, 0.2) is 0 Å². The van der Waals surface area contributed by atoms with Gasteiger partial charge in [0.15, 0.2) is 0 Å². The topological polar surface area (TPSA) is 90.5 Å². The van der Waals surface area contributed by atoms with E-state index in [9.17, 15) is 14.4 Å². The van der Waals surface area contributed by atoms with Crippen LogP contribution in [0, 0.1) is 17.3 Å². The molecule has 7 nitrogen and oxygen atoms in total. The van der Waals surface area contributed by atoms with Gasteiger partial charge < -0.3 is 16.0 Å². The summed E-state index contributed by atoms with van der Waals surface area (Å²) in [7, 11) is 0. The van der Waals surface area contributed by atoms with E-state index in [1.807, 2.05) is 0 Å². The molecule has 2 heterocycles. The number of rotatable bonds is 5. The molecular formula is C20H35ClN4O3. The van der Waals surface area contributed by atoms with Crippen LogP contribution in [0.1, 0.15) is 59.3 Å². The van der Waals surface area contributed by atoms with Gasteiger partial charge in [0.05, 0.1) is 0 Å². The quantitative estimate of drug-likeness (QED) is 0.600. The van der Waals surface area contributed by atoms with Gasteiger partial charge in [-0.2, -0.15) is 0 Å². The molecule has 8 heteroatoms. The van der Waals surface area contributed by atoms with E-state index in [1.165, 1.54) is 12.8 Å². The van der Waals surface area contributed by atoms with E-state index in [2.05, 4.69) is 36.7 Å². The van der Waals surface area contributed by atoms with Crippen LogP contribution in [0.3, 0.4) is 0 Å². The standard InChI is InChI=1S/C20H34N4O3.ClH/c1-14-9-19(2,3)13-20(10-14)17(26)24(18(27)23-20)12-16(25)22-8-6-15-5-4-7-21-11-15;/h14-15,21H,4-13H2,1-3H3,(H,22,25)(H,23,27);1H. The molecule has 160 valence electrons. The number of piperidine rings is 1. The Balaban J connectivity index is 0.00000280. The van der Waals surface area contributed by atoms with Gasteiger partial charge in [-0.1, -0.05) is 20.8 Å². The van der Waals surface area contributed by atoms with Crippen molar-refractivity contribution >= 4 is 30.3 Å². The van der Waals surface area contributed by atoms with Crippen molar-refractivity contribution in [2.24, 2.45) is 17.3 Å². The van der Waals surface area contributed by atoms with Gasteiger partial charge in [-0.3, -0.25) is 14.5 Å². The fourth-order valence-electron chi connectivity index (χ4n) is 5.44. The molecule has 0 aromatic carbocycles. The van der Waals surface area contributed by atoms with Gasteiger partial charge in [-0.25, -0.2) is 4.79 Å².